The molecule has 120 valence electrons. The fourth-order valence-electron chi connectivity index (χ4n) is 3.66. The fraction of sp³-hybridized carbons (Fsp3) is 0.632. The molecule has 0 unspecified atom stereocenters. The zero-order valence-electron chi connectivity index (χ0n) is 13.5. The van der Waals surface area contributed by atoms with Gasteiger partial charge in [-0.15, -0.1) is 0 Å². The van der Waals surface area contributed by atoms with E-state index in [1.807, 2.05) is 17.0 Å². The molecule has 1 N–H and O–H groups in total. The molecule has 0 radical (unpaired) electrons. The molecular formula is C19H28N2O. The number of amides is 1. The van der Waals surface area contributed by atoms with E-state index < -0.39 is 0 Å². The molecule has 0 spiro atoms. The molecule has 1 saturated heterocycles. The van der Waals surface area contributed by atoms with Crippen LogP contribution in [0.3, 0.4) is 0 Å². The van der Waals surface area contributed by atoms with Gasteiger partial charge in [-0.05, 0) is 43.4 Å². The predicted molar refractivity (Wildman–Crippen MR) is 89.9 cm³/mol. The van der Waals surface area contributed by atoms with Crippen LogP contribution in [0.25, 0.3) is 0 Å². The lowest BCUT2D eigenvalue weighted by Crippen LogP contribution is -2.29. The van der Waals surface area contributed by atoms with Gasteiger partial charge in [0, 0.05) is 31.2 Å². The Labute approximate surface area is 134 Å². The molecule has 0 atom stereocenters. The van der Waals surface area contributed by atoms with Crippen LogP contribution in [0.4, 0.5) is 0 Å². The average Bonchev–Trinajstić information content (AvgIpc) is 2.97. The normalized spacial score (nSPS) is 20.1. The monoisotopic (exact) mass is 300 g/mol. The first-order valence-corrected chi connectivity index (χ1v) is 8.94. The van der Waals surface area contributed by atoms with Crippen molar-refractivity contribution in [3.05, 3.63) is 35.4 Å². The Bertz CT molecular complexity index is 486. The van der Waals surface area contributed by atoms with Gasteiger partial charge in [0.05, 0.1) is 0 Å². The Hall–Kier alpha value is -1.35. The Balaban J connectivity index is 1.57. The minimum atomic E-state index is 0.203. The van der Waals surface area contributed by atoms with Gasteiger partial charge in [-0.25, -0.2) is 0 Å². The van der Waals surface area contributed by atoms with Crippen molar-refractivity contribution in [2.24, 2.45) is 0 Å². The van der Waals surface area contributed by atoms with Crippen LogP contribution in [0, 0.1) is 0 Å². The first kappa shape index (κ1) is 15.5. The van der Waals surface area contributed by atoms with Crippen LogP contribution in [-0.2, 0) is 6.54 Å². The van der Waals surface area contributed by atoms with Crippen molar-refractivity contribution in [1.82, 2.24) is 10.2 Å². The van der Waals surface area contributed by atoms with Gasteiger partial charge in [0.25, 0.3) is 5.91 Å². The van der Waals surface area contributed by atoms with E-state index in [9.17, 15) is 4.79 Å². The number of rotatable bonds is 4. The van der Waals surface area contributed by atoms with Gasteiger partial charge in [-0.1, -0.05) is 37.8 Å². The lowest BCUT2D eigenvalue weighted by atomic mass is 10.1. The summed E-state index contributed by atoms with van der Waals surface area (Å²) in [5.74, 6) is 0.203. The van der Waals surface area contributed by atoms with E-state index >= 15 is 0 Å². The van der Waals surface area contributed by atoms with Crippen molar-refractivity contribution in [2.45, 2.75) is 64.0 Å². The second-order valence-electron chi connectivity index (χ2n) is 6.77. The number of hydrogen-bond donors (Lipinski definition) is 1. The SMILES string of the molecule is O=C(c1cccc(CNC2CCCCCC2)c1)N1CCCC1. The van der Waals surface area contributed by atoms with Crippen molar-refractivity contribution < 1.29 is 4.79 Å². The molecule has 3 rings (SSSR count). The molecule has 1 aliphatic carbocycles. The summed E-state index contributed by atoms with van der Waals surface area (Å²) in [6.45, 7) is 2.72. The highest BCUT2D eigenvalue weighted by molar-refractivity contribution is 5.94. The van der Waals surface area contributed by atoms with E-state index in [2.05, 4.69) is 17.4 Å². The van der Waals surface area contributed by atoms with Gasteiger partial charge in [-0.3, -0.25) is 4.79 Å². The minimum absolute atomic E-state index is 0.203. The average molecular weight is 300 g/mol. The van der Waals surface area contributed by atoms with Crippen LogP contribution in [0.5, 0.6) is 0 Å². The van der Waals surface area contributed by atoms with Crippen LogP contribution < -0.4 is 5.32 Å². The summed E-state index contributed by atoms with van der Waals surface area (Å²) in [7, 11) is 0. The molecule has 1 aromatic rings. The van der Waals surface area contributed by atoms with Crippen molar-refractivity contribution in [3.63, 3.8) is 0 Å². The summed E-state index contributed by atoms with van der Waals surface area (Å²) >= 11 is 0. The quantitative estimate of drug-likeness (QED) is 0.859. The second kappa shape index (κ2) is 7.77. The van der Waals surface area contributed by atoms with Crippen LogP contribution in [0.1, 0.15) is 67.3 Å². The first-order chi connectivity index (χ1) is 10.8. The zero-order valence-corrected chi connectivity index (χ0v) is 13.5. The Morgan fingerprint density at radius 3 is 2.50 bits per heavy atom. The summed E-state index contributed by atoms with van der Waals surface area (Å²) in [4.78, 5) is 14.4. The van der Waals surface area contributed by atoms with Crippen molar-refractivity contribution in [1.29, 1.82) is 0 Å². The number of benzene rings is 1. The van der Waals surface area contributed by atoms with Crippen LogP contribution in [0.15, 0.2) is 24.3 Å². The zero-order chi connectivity index (χ0) is 15.2. The summed E-state index contributed by atoms with van der Waals surface area (Å²) < 4.78 is 0. The molecule has 1 aliphatic heterocycles. The number of nitrogens with one attached hydrogen (secondary N) is 1. The summed E-state index contributed by atoms with van der Waals surface area (Å²) in [5.41, 5.74) is 2.08. The first-order valence-electron chi connectivity index (χ1n) is 8.94. The highest BCUT2D eigenvalue weighted by Crippen LogP contribution is 2.18. The Kier molecular flexibility index (Phi) is 5.49. The molecule has 3 heteroatoms. The van der Waals surface area contributed by atoms with E-state index in [-0.39, 0.29) is 5.91 Å². The molecular weight excluding hydrogens is 272 g/mol. The highest BCUT2D eigenvalue weighted by Gasteiger charge is 2.19. The second-order valence-corrected chi connectivity index (χ2v) is 6.77. The van der Waals surface area contributed by atoms with E-state index in [4.69, 9.17) is 0 Å². The molecule has 22 heavy (non-hydrogen) atoms. The van der Waals surface area contributed by atoms with Gasteiger partial charge in [-0.2, -0.15) is 0 Å². The van der Waals surface area contributed by atoms with Gasteiger partial charge in [0.15, 0.2) is 0 Å². The molecule has 2 aliphatic rings. The standard InChI is InChI=1S/C19H28N2O/c22-19(21-12-5-6-13-21)17-9-7-8-16(14-17)15-20-18-10-3-1-2-4-11-18/h7-9,14,18,20H,1-6,10-13,15H2. The predicted octanol–water partition coefficient (Wildman–Crippen LogP) is 3.74. The molecule has 1 heterocycles. The van der Waals surface area contributed by atoms with E-state index in [0.717, 1.165) is 38.0 Å². The molecule has 0 aromatic heterocycles. The molecule has 2 fully saturated rings. The third kappa shape index (κ3) is 4.10. The van der Waals surface area contributed by atoms with E-state index in [0.29, 0.717) is 6.04 Å². The van der Waals surface area contributed by atoms with Crippen molar-refractivity contribution in [3.8, 4) is 0 Å². The molecule has 3 nitrogen and oxygen atoms in total. The van der Waals surface area contributed by atoms with Gasteiger partial charge < -0.3 is 10.2 Å². The van der Waals surface area contributed by atoms with Gasteiger partial charge >= 0.3 is 0 Å². The Morgan fingerprint density at radius 1 is 1.05 bits per heavy atom. The fourth-order valence-corrected chi connectivity index (χ4v) is 3.66. The number of hydrogen-bond acceptors (Lipinski definition) is 2. The summed E-state index contributed by atoms with van der Waals surface area (Å²) in [5, 5.41) is 3.69. The number of carbonyl (C=O) groups excluding carboxylic acids is 1. The largest absolute Gasteiger partial charge is 0.339 e. The summed E-state index contributed by atoms with van der Waals surface area (Å²) in [6.07, 6.45) is 10.4. The number of nitrogens with zero attached hydrogens (tertiary/aromatic N) is 1. The number of carbonyl (C=O) groups is 1. The highest BCUT2D eigenvalue weighted by atomic mass is 16.2. The molecule has 1 saturated carbocycles. The third-order valence-corrected chi connectivity index (χ3v) is 5.02. The summed E-state index contributed by atoms with van der Waals surface area (Å²) in [6, 6.07) is 8.83. The van der Waals surface area contributed by atoms with Gasteiger partial charge in [0.1, 0.15) is 0 Å². The smallest absolute Gasteiger partial charge is 0.253 e. The van der Waals surface area contributed by atoms with Crippen LogP contribution in [-0.4, -0.2) is 29.9 Å². The lowest BCUT2D eigenvalue weighted by molar-refractivity contribution is 0.0792. The third-order valence-electron chi connectivity index (χ3n) is 5.02. The van der Waals surface area contributed by atoms with Crippen molar-refractivity contribution in [2.75, 3.05) is 13.1 Å². The van der Waals surface area contributed by atoms with Crippen LogP contribution in [0.2, 0.25) is 0 Å². The molecule has 1 amide bonds. The Morgan fingerprint density at radius 2 is 1.77 bits per heavy atom. The lowest BCUT2D eigenvalue weighted by Gasteiger charge is -2.18. The van der Waals surface area contributed by atoms with Crippen LogP contribution >= 0.6 is 0 Å². The number of likely N-dealkylation sites (tertiary alicyclic amines) is 1. The van der Waals surface area contributed by atoms with Gasteiger partial charge in [0.2, 0.25) is 0 Å². The molecule has 0 bridgehead atoms. The molecule has 1 aromatic carbocycles. The topological polar surface area (TPSA) is 32.3 Å². The van der Waals surface area contributed by atoms with E-state index in [1.165, 1.54) is 44.1 Å². The maximum Gasteiger partial charge on any atom is 0.253 e. The van der Waals surface area contributed by atoms with E-state index in [1.54, 1.807) is 0 Å². The maximum atomic E-state index is 12.5. The maximum absolute atomic E-state index is 12.5. The van der Waals surface area contributed by atoms with Crippen molar-refractivity contribution >= 4 is 5.91 Å². The minimum Gasteiger partial charge on any atom is -0.339 e.